The number of H-pyrrole nitrogens is 2. The number of aromatic nitrogens is 4. The van der Waals surface area contributed by atoms with Gasteiger partial charge in [-0.1, -0.05) is 42.5 Å². The SMILES string of the molecule is O=C(c1cn[nH]c1-c1ccccc1)N1CCC[C@@H](c2nc3ccccc3[nH]2)C1. The number of rotatable bonds is 3. The molecule has 0 aliphatic carbocycles. The number of fused-ring (bicyclic) bond motifs is 1. The fraction of sp³-hybridized carbons (Fsp3) is 0.227. The van der Waals surface area contributed by atoms with Gasteiger partial charge in [0.1, 0.15) is 5.82 Å². The molecule has 1 aliphatic rings. The van der Waals surface area contributed by atoms with E-state index in [4.69, 9.17) is 4.98 Å². The number of benzene rings is 2. The van der Waals surface area contributed by atoms with Gasteiger partial charge in [0.05, 0.1) is 28.5 Å². The minimum Gasteiger partial charge on any atom is -0.342 e. The van der Waals surface area contributed by atoms with Gasteiger partial charge >= 0.3 is 0 Å². The van der Waals surface area contributed by atoms with E-state index >= 15 is 0 Å². The number of aromatic amines is 2. The standard InChI is InChI=1S/C22H21N5O/c28-22(17-13-23-26-20(17)15-7-2-1-3-8-15)27-12-6-9-16(14-27)21-24-18-10-4-5-11-19(18)25-21/h1-5,7-8,10-11,13,16H,6,9,12,14H2,(H,23,26)(H,24,25)/t16-/m1/s1. The minimum atomic E-state index is 0.0217. The van der Waals surface area contributed by atoms with E-state index in [0.717, 1.165) is 47.5 Å². The Balaban J connectivity index is 1.40. The quantitative estimate of drug-likeness (QED) is 0.572. The third kappa shape index (κ3) is 2.97. The first kappa shape index (κ1) is 16.7. The summed E-state index contributed by atoms with van der Waals surface area (Å²) in [6.45, 7) is 1.42. The molecule has 0 unspecified atom stereocenters. The highest BCUT2D eigenvalue weighted by atomic mass is 16.2. The average Bonchev–Trinajstić information content (AvgIpc) is 3.41. The van der Waals surface area contributed by atoms with Gasteiger partial charge in [0, 0.05) is 24.6 Å². The van der Waals surface area contributed by atoms with Crippen molar-refractivity contribution >= 4 is 16.9 Å². The lowest BCUT2D eigenvalue weighted by Crippen LogP contribution is -2.39. The van der Waals surface area contributed by atoms with Gasteiger partial charge in [-0.05, 0) is 25.0 Å². The summed E-state index contributed by atoms with van der Waals surface area (Å²) in [4.78, 5) is 23.3. The van der Waals surface area contributed by atoms with Crippen LogP contribution in [0.15, 0.2) is 60.8 Å². The van der Waals surface area contributed by atoms with Crippen LogP contribution in [0.1, 0.15) is 34.9 Å². The van der Waals surface area contributed by atoms with Crippen LogP contribution in [-0.4, -0.2) is 44.1 Å². The molecular formula is C22H21N5O. The molecular weight excluding hydrogens is 350 g/mol. The zero-order chi connectivity index (χ0) is 18.9. The second-order valence-corrected chi connectivity index (χ2v) is 7.25. The van der Waals surface area contributed by atoms with Gasteiger partial charge in [0.25, 0.3) is 5.91 Å². The fourth-order valence-electron chi connectivity index (χ4n) is 3.99. The Morgan fingerprint density at radius 2 is 1.89 bits per heavy atom. The van der Waals surface area contributed by atoms with Crippen molar-refractivity contribution in [1.29, 1.82) is 0 Å². The first-order valence-corrected chi connectivity index (χ1v) is 9.62. The van der Waals surface area contributed by atoms with E-state index in [2.05, 4.69) is 15.2 Å². The molecule has 0 bridgehead atoms. The molecule has 2 aromatic heterocycles. The maximum Gasteiger partial charge on any atom is 0.257 e. The Hall–Kier alpha value is -3.41. The molecule has 140 valence electrons. The zero-order valence-electron chi connectivity index (χ0n) is 15.4. The van der Waals surface area contributed by atoms with Gasteiger partial charge in [-0.25, -0.2) is 4.98 Å². The van der Waals surface area contributed by atoms with Crippen LogP contribution in [0.5, 0.6) is 0 Å². The van der Waals surface area contributed by atoms with Crippen molar-refractivity contribution in [3.05, 3.63) is 72.2 Å². The number of para-hydroxylation sites is 2. The third-order valence-electron chi connectivity index (χ3n) is 5.44. The van der Waals surface area contributed by atoms with Crippen LogP contribution in [0.25, 0.3) is 22.3 Å². The number of nitrogens with zero attached hydrogens (tertiary/aromatic N) is 3. The van der Waals surface area contributed by atoms with Crippen molar-refractivity contribution < 1.29 is 4.79 Å². The zero-order valence-corrected chi connectivity index (χ0v) is 15.4. The van der Waals surface area contributed by atoms with Crippen molar-refractivity contribution in [2.24, 2.45) is 0 Å². The van der Waals surface area contributed by atoms with Crippen LogP contribution in [0.4, 0.5) is 0 Å². The first-order valence-electron chi connectivity index (χ1n) is 9.62. The number of imidazole rings is 1. The van der Waals surface area contributed by atoms with E-state index in [1.807, 2.05) is 59.5 Å². The summed E-state index contributed by atoms with van der Waals surface area (Å²) >= 11 is 0. The van der Waals surface area contributed by atoms with Gasteiger partial charge < -0.3 is 9.88 Å². The van der Waals surface area contributed by atoms with E-state index in [1.54, 1.807) is 6.20 Å². The molecule has 2 aromatic carbocycles. The summed E-state index contributed by atoms with van der Waals surface area (Å²) in [6.07, 6.45) is 3.63. The van der Waals surface area contributed by atoms with Crippen molar-refractivity contribution in [2.75, 3.05) is 13.1 Å². The molecule has 2 N–H and O–H groups in total. The summed E-state index contributed by atoms with van der Waals surface area (Å²) in [5, 5.41) is 7.12. The summed E-state index contributed by atoms with van der Waals surface area (Å²) in [6, 6.07) is 17.9. The number of hydrogen-bond donors (Lipinski definition) is 2. The second-order valence-electron chi connectivity index (χ2n) is 7.25. The molecule has 1 atom stereocenters. The number of likely N-dealkylation sites (tertiary alicyclic amines) is 1. The van der Waals surface area contributed by atoms with Gasteiger partial charge in [0.2, 0.25) is 0 Å². The van der Waals surface area contributed by atoms with E-state index < -0.39 is 0 Å². The number of piperidine rings is 1. The lowest BCUT2D eigenvalue weighted by Gasteiger charge is -2.31. The summed E-state index contributed by atoms with van der Waals surface area (Å²) in [5.74, 6) is 1.21. The van der Waals surface area contributed by atoms with Crippen molar-refractivity contribution in [2.45, 2.75) is 18.8 Å². The van der Waals surface area contributed by atoms with E-state index in [-0.39, 0.29) is 11.8 Å². The second kappa shape index (κ2) is 6.96. The monoisotopic (exact) mass is 371 g/mol. The minimum absolute atomic E-state index is 0.0217. The molecule has 6 nitrogen and oxygen atoms in total. The number of carbonyl (C=O) groups is 1. The van der Waals surface area contributed by atoms with Crippen LogP contribution in [-0.2, 0) is 0 Å². The summed E-state index contributed by atoms with van der Waals surface area (Å²) in [5.41, 5.74) is 4.38. The van der Waals surface area contributed by atoms with Gasteiger partial charge in [-0.2, -0.15) is 5.10 Å². The molecule has 0 radical (unpaired) electrons. The van der Waals surface area contributed by atoms with Crippen molar-refractivity contribution in [3.63, 3.8) is 0 Å². The van der Waals surface area contributed by atoms with Crippen LogP contribution in [0, 0.1) is 0 Å². The van der Waals surface area contributed by atoms with Gasteiger partial charge in [-0.3, -0.25) is 9.89 Å². The first-order chi connectivity index (χ1) is 13.8. The van der Waals surface area contributed by atoms with Crippen LogP contribution in [0.2, 0.25) is 0 Å². The maximum absolute atomic E-state index is 13.2. The number of carbonyl (C=O) groups excluding carboxylic acids is 1. The molecule has 0 saturated carbocycles. The smallest absolute Gasteiger partial charge is 0.257 e. The molecule has 3 heterocycles. The molecule has 1 saturated heterocycles. The highest BCUT2D eigenvalue weighted by Gasteiger charge is 2.29. The molecule has 1 aliphatic heterocycles. The normalized spacial score (nSPS) is 17.1. The van der Waals surface area contributed by atoms with Crippen molar-refractivity contribution in [3.8, 4) is 11.3 Å². The fourth-order valence-corrected chi connectivity index (χ4v) is 3.99. The molecule has 0 spiro atoms. The maximum atomic E-state index is 13.2. The lowest BCUT2D eigenvalue weighted by molar-refractivity contribution is 0.0706. The molecule has 5 rings (SSSR count). The average molecular weight is 371 g/mol. The number of amides is 1. The predicted octanol–water partition coefficient (Wildman–Crippen LogP) is 3.97. The van der Waals surface area contributed by atoms with Crippen LogP contribution < -0.4 is 0 Å². The Morgan fingerprint density at radius 3 is 2.75 bits per heavy atom. The Bertz CT molecular complexity index is 1080. The topological polar surface area (TPSA) is 77.7 Å². The van der Waals surface area contributed by atoms with Gasteiger partial charge in [-0.15, -0.1) is 0 Å². The molecule has 28 heavy (non-hydrogen) atoms. The van der Waals surface area contributed by atoms with Gasteiger partial charge in [0.15, 0.2) is 0 Å². The Kier molecular flexibility index (Phi) is 4.16. The molecule has 1 fully saturated rings. The Morgan fingerprint density at radius 1 is 1.07 bits per heavy atom. The van der Waals surface area contributed by atoms with E-state index in [1.165, 1.54) is 0 Å². The van der Waals surface area contributed by atoms with Crippen molar-refractivity contribution in [1.82, 2.24) is 25.1 Å². The molecule has 1 amide bonds. The highest BCUT2D eigenvalue weighted by Crippen LogP contribution is 2.29. The van der Waals surface area contributed by atoms with Crippen LogP contribution >= 0.6 is 0 Å². The predicted molar refractivity (Wildman–Crippen MR) is 108 cm³/mol. The summed E-state index contributed by atoms with van der Waals surface area (Å²) < 4.78 is 0. The Labute approximate surface area is 162 Å². The number of hydrogen-bond acceptors (Lipinski definition) is 3. The molecule has 6 heteroatoms. The largest absolute Gasteiger partial charge is 0.342 e. The molecule has 4 aromatic rings. The third-order valence-corrected chi connectivity index (χ3v) is 5.44. The van der Waals surface area contributed by atoms with E-state index in [0.29, 0.717) is 12.1 Å². The highest BCUT2D eigenvalue weighted by molar-refractivity contribution is 5.99. The lowest BCUT2D eigenvalue weighted by atomic mass is 9.96. The van der Waals surface area contributed by atoms with E-state index in [9.17, 15) is 4.79 Å². The van der Waals surface area contributed by atoms with Crippen LogP contribution in [0.3, 0.4) is 0 Å². The summed E-state index contributed by atoms with van der Waals surface area (Å²) in [7, 11) is 0. The number of nitrogens with one attached hydrogen (secondary N) is 2.